The number of anilines is 1. The molecule has 0 radical (unpaired) electrons. The van der Waals surface area contributed by atoms with Gasteiger partial charge in [0.1, 0.15) is 5.52 Å². The van der Waals surface area contributed by atoms with E-state index in [0.29, 0.717) is 0 Å². The van der Waals surface area contributed by atoms with Gasteiger partial charge in [0.05, 0.1) is 22.6 Å². The van der Waals surface area contributed by atoms with Gasteiger partial charge in [-0.05, 0) is 25.1 Å². The van der Waals surface area contributed by atoms with Gasteiger partial charge in [-0.15, -0.1) is 0 Å². The van der Waals surface area contributed by atoms with E-state index in [-0.39, 0.29) is 5.54 Å². The zero-order valence-electron chi connectivity index (χ0n) is 11.5. The summed E-state index contributed by atoms with van der Waals surface area (Å²) in [7, 11) is 4.03. The molecule has 1 aromatic heterocycles. The number of fused-ring (bicyclic) bond motifs is 2. The molecule has 98 valence electrons. The maximum absolute atomic E-state index is 6.15. The Morgan fingerprint density at radius 2 is 2.05 bits per heavy atom. The number of para-hydroxylation sites is 1. The molecule has 1 aliphatic carbocycles. The summed E-state index contributed by atoms with van der Waals surface area (Å²) < 4.78 is 0. The summed E-state index contributed by atoms with van der Waals surface area (Å²) in [5.41, 5.74) is 10.7. The van der Waals surface area contributed by atoms with Crippen molar-refractivity contribution < 1.29 is 0 Å². The first-order valence-corrected chi connectivity index (χ1v) is 6.41. The van der Waals surface area contributed by atoms with Gasteiger partial charge in [-0.25, -0.2) is 9.97 Å². The van der Waals surface area contributed by atoms with Crippen LogP contribution in [0.5, 0.6) is 0 Å². The second-order valence-electron chi connectivity index (χ2n) is 5.61. The van der Waals surface area contributed by atoms with Crippen LogP contribution in [0.1, 0.15) is 18.3 Å². The summed E-state index contributed by atoms with van der Waals surface area (Å²) in [6, 6.07) is 6.07. The van der Waals surface area contributed by atoms with Crippen molar-refractivity contribution in [1.82, 2.24) is 9.97 Å². The number of aromatic nitrogens is 2. The van der Waals surface area contributed by atoms with Gasteiger partial charge >= 0.3 is 0 Å². The maximum atomic E-state index is 6.15. The highest BCUT2D eigenvalue weighted by Crippen LogP contribution is 2.27. The van der Waals surface area contributed by atoms with Crippen molar-refractivity contribution in [3.63, 3.8) is 0 Å². The molecule has 0 fully saturated rings. The maximum Gasteiger partial charge on any atom is 0.113 e. The van der Waals surface area contributed by atoms with E-state index in [1.807, 2.05) is 45.3 Å². The molecule has 4 nitrogen and oxygen atoms in total. The molecular formula is C15H18N4. The van der Waals surface area contributed by atoms with Crippen LogP contribution in [0, 0.1) is 0 Å². The zero-order chi connectivity index (χ0) is 13.6. The third kappa shape index (κ3) is 2.08. The Morgan fingerprint density at radius 1 is 1.26 bits per heavy atom. The standard InChI is InChI=1S/C15H18N4/c1-15(16)8-7-10-12(9-15)17-11-5-4-6-13(19(2)3)14(11)18-10/h4-8H,9,16H2,1-3H3. The predicted octanol–water partition coefficient (Wildman–Crippen LogP) is 1.98. The van der Waals surface area contributed by atoms with Crippen LogP contribution < -0.4 is 10.6 Å². The molecule has 0 saturated heterocycles. The topological polar surface area (TPSA) is 55.0 Å². The Labute approximate surface area is 113 Å². The lowest BCUT2D eigenvalue weighted by Gasteiger charge is -2.25. The van der Waals surface area contributed by atoms with Gasteiger partial charge in [0.15, 0.2) is 0 Å². The fourth-order valence-electron chi connectivity index (χ4n) is 2.43. The van der Waals surface area contributed by atoms with Crippen molar-refractivity contribution in [3.05, 3.63) is 35.7 Å². The number of benzene rings is 1. The minimum atomic E-state index is -0.325. The number of nitrogens with zero attached hydrogens (tertiary/aromatic N) is 3. The molecule has 3 rings (SSSR count). The molecule has 0 amide bonds. The lowest BCUT2D eigenvalue weighted by Crippen LogP contribution is -2.38. The summed E-state index contributed by atoms with van der Waals surface area (Å²) >= 11 is 0. The number of rotatable bonds is 1. The summed E-state index contributed by atoms with van der Waals surface area (Å²) in [5, 5.41) is 0. The second kappa shape index (κ2) is 4.03. The average Bonchev–Trinajstić information content (AvgIpc) is 2.34. The summed E-state index contributed by atoms with van der Waals surface area (Å²) in [5.74, 6) is 0. The summed E-state index contributed by atoms with van der Waals surface area (Å²) in [6.45, 7) is 2.01. The molecule has 19 heavy (non-hydrogen) atoms. The monoisotopic (exact) mass is 254 g/mol. The van der Waals surface area contributed by atoms with Gasteiger partial charge in [0, 0.05) is 26.1 Å². The lowest BCUT2D eigenvalue weighted by atomic mass is 9.90. The van der Waals surface area contributed by atoms with Crippen LogP contribution in [-0.4, -0.2) is 29.6 Å². The summed E-state index contributed by atoms with van der Waals surface area (Å²) in [6.07, 6.45) is 4.72. The molecule has 1 aliphatic rings. The van der Waals surface area contributed by atoms with Crippen LogP contribution in [0.2, 0.25) is 0 Å². The highest BCUT2D eigenvalue weighted by molar-refractivity contribution is 5.89. The molecule has 4 heteroatoms. The van der Waals surface area contributed by atoms with Crippen molar-refractivity contribution >= 4 is 22.8 Å². The van der Waals surface area contributed by atoms with E-state index in [2.05, 4.69) is 11.0 Å². The fraction of sp³-hybridized carbons (Fsp3) is 0.333. The van der Waals surface area contributed by atoms with E-state index < -0.39 is 0 Å². The quantitative estimate of drug-likeness (QED) is 0.845. The SMILES string of the molecule is CN(C)c1cccc2nc3c(nc12)C=CC(C)(N)C3. The molecule has 0 aliphatic heterocycles. The third-order valence-corrected chi connectivity index (χ3v) is 3.43. The van der Waals surface area contributed by atoms with E-state index >= 15 is 0 Å². The van der Waals surface area contributed by atoms with Gasteiger partial charge in [0.25, 0.3) is 0 Å². The first-order chi connectivity index (χ1) is 8.96. The van der Waals surface area contributed by atoms with Crippen LogP contribution in [0.4, 0.5) is 5.69 Å². The summed E-state index contributed by atoms with van der Waals surface area (Å²) in [4.78, 5) is 11.5. The highest BCUT2D eigenvalue weighted by Gasteiger charge is 2.23. The van der Waals surface area contributed by atoms with Gasteiger partial charge in [-0.2, -0.15) is 0 Å². The Balaban J connectivity index is 2.24. The van der Waals surface area contributed by atoms with Crippen LogP contribution >= 0.6 is 0 Å². The number of hydrogen-bond acceptors (Lipinski definition) is 4. The molecule has 1 aromatic carbocycles. The molecule has 1 heterocycles. The van der Waals surface area contributed by atoms with E-state index in [1.54, 1.807) is 0 Å². The average molecular weight is 254 g/mol. The molecule has 1 atom stereocenters. The molecule has 2 N–H and O–H groups in total. The molecule has 0 bridgehead atoms. The van der Waals surface area contributed by atoms with Gasteiger partial charge in [0.2, 0.25) is 0 Å². The van der Waals surface area contributed by atoms with Gasteiger partial charge < -0.3 is 10.6 Å². The number of hydrogen-bond donors (Lipinski definition) is 1. The van der Waals surface area contributed by atoms with Crippen LogP contribution in [0.25, 0.3) is 17.1 Å². The second-order valence-corrected chi connectivity index (χ2v) is 5.61. The molecule has 0 spiro atoms. The van der Waals surface area contributed by atoms with Gasteiger partial charge in [-0.3, -0.25) is 0 Å². The number of nitrogens with two attached hydrogens (primary N) is 1. The van der Waals surface area contributed by atoms with E-state index in [9.17, 15) is 0 Å². The van der Waals surface area contributed by atoms with Crippen LogP contribution in [0.15, 0.2) is 24.3 Å². The van der Waals surface area contributed by atoms with Gasteiger partial charge in [-0.1, -0.05) is 12.1 Å². The van der Waals surface area contributed by atoms with Crippen LogP contribution in [-0.2, 0) is 6.42 Å². The minimum Gasteiger partial charge on any atom is -0.376 e. The van der Waals surface area contributed by atoms with E-state index in [4.69, 9.17) is 15.7 Å². The Kier molecular flexibility index (Phi) is 2.57. The Bertz CT molecular complexity index is 671. The smallest absolute Gasteiger partial charge is 0.113 e. The van der Waals surface area contributed by atoms with E-state index in [0.717, 1.165) is 34.5 Å². The highest BCUT2D eigenvalue weighted by atomic mass is 15.1. The molecule has 1 unspecified atom stereocenters. The molecule has 2 aromatic rings. The van der Waals surface area contributed by atoms with Crippen molar-refractivity contribution in [2.24, 2.45) is 5.73 Å². The van der Waals surface area contributed by atoms with Crippen molar-refractivity contribution in [1.29, 1.82) is 0 Å². The fourth-order valence-corrected chi connectivity index (χ4v) is 2.43. The third-order valence-electron chi connectivity index (χ3n) is 3.43. The zero-order valence-corrected chi connectivity index (χ0v) is 11.5. The largest absolute Gasteiger partial charge is 0.376 e. The Morgan fingerprint density at radius 3 is 2.79 bits per heavy atom. The predicted molar refractivity (Wildman–Crippen MR) is 79.2 cm³/mol. The normalized spacial score (nSPS) is 21.5. The Hall–Kier alpha value is -1.94. The molecule has 0 saturated carbocycles. The van der Waals surface area contributed by atoms with Crippen LogP contribution in [0.3, 0.4) is 0 Å². The lowest BCUT2D eigenvalue weighted by molar-refractivity contribution is 0.568. The first-order valence-electron chi connectivity index (χ1n) is 6.41. The molecular weight excluding hydrogens is 236 g/mol. The minimum absolute atomic E-state index is 0.325. The van der Waals surface area contributed by atoms with E-state index in [1.165, 1.54) is 0 Å². The van der Waals surface area contributed by atoms with Crippen molar-refractivity contribution in [2.75, 3.05) is 19.0 Å². The first kappa shape index (κ1) is 12.1. The van der Waals surface area contributed by atoms with Crippen molar-refractivity contribution in [2.45, 2.75) is 18.9 Å². The van der Waals surface area contributed by atoms with Crippen molar-refractivity contribution in [3.8, 4) is 0 Å².